The third-order valence-electron chi connectivity index (χ3n) is 3.18. The molecule has 1 N–H and O–H groups in total. The lowest BCUT2D eigenvalue weighted by atomic mass is 9.73. The maximum atomic E-state index is 11.7. The summed E-state index contributed by atoms with van der Waals surface area (Å²) < 4.78 is 4.88. The third kappa shape index (κ3) is 2.94. The standard InChI is InChI=1S/C12H23NO2/c1-8-6-9(11(14)15-5)10(13-7-8)12(2,3)4/h8-10,13H,6-7H2,1-5H3. The molecule has 0 bridgehead atoms. The van der Waals surface area contributed by atoms with Crippen LogP contribution in [0.5, 0.6) is 0 Å². The molecule has 3 atom stereocenters. The molecule has 1 aliphatic rings. The maximum Gasteiger partial charge on any atom is 0.310 e. The van der Waals surface area contributed by atoms with Crippen molar-refractivity contribution in [2.75, 3.05) is 13.7 Å². The van der Waals surface area contributed by atoms with E-state index < -0.39 is 0 Å². The van der Waals surface area contributed by atoms with Crippen molar-refractivity contribution in [2.45, 2.75) is 40.2 Å². The molecule has 1 saturated heterocycles. The molecular formula is C12H23NO2. The average Bonchev–Trinajstić information content (AvgIpc) is 2.14. The van der Waals surface area contributed by atoms with Gasteiger partial charge in [-0.1, -0.05) is 27.7 Å². The van der Waals surface area contributed by atoms with Crippen molar-refractivity contribution in [3.8, 4) is 0 Å². The van der Waals surface area contributed by atoms with Gasteiger partial charge in [-0.25, -0.2) is 0 Å². The highest BCUT2D eigenvalue weighted by molar-refractivity contribution is 5.73. The summed E-state index contributed by atoms with van der Waals surface area (Å²) in [6.07, 6.45) is 0.932. The van der Waals surface area contributed by atoms with Crippen LogP contribution >= 0.6 is 0 Å². The Balaban J connectivity index is 2.80. The van der Waals surface area contributed by atoms with Crippen molar-refractivity contribution in [1.82, 2.24) is 5.32 Å². The zero-order valence-electron chi connectivity index (χ0n) is 10.5. The number of carbonyl (C=O) groups is 1. The molecule has 0 radical (unpaired) electrons. The lowest BCUT2D eigenvalue weighted by Gasteiger charge is -2.41. The third-order valence-corrected chi connectivity index (χ3v) is 3.18. The number of methoxy groups -OCH3 is 1. The van der Waals surface area contributed by atoms with Crippen LogP contribution in [0, 0.1) is 17.3 Å². The van der Waals surface area contributed by atoms with Gasteiger partial charge < -0.3 is 10.1 Å². The van der Waals surface area contributed by atoms with Crippen LogP contribution in [0.4, 0.5) is 0 Å². The quantitative estimate of drug-likeness (QED) is 0.675. The minimum absolute atomic E-state index is 0.00116. The van der Waals surface area contributed by atoms with E-state index in [4.69, 9.17) is 4.74 Å². The number of esters is 1. The highest BCUT2D eigenvalue weighted by Gasteiger charge is 2.40. The Bertz CT molecular complexity index is 232. The number of hydrogen-bond donors (Lipinski definition) is 1. The second-order valence-electron chi connectivity index (χ2n) is 5.72. The van der Waals surface area contributed by atoms with Gasteiger partial charge in [0, 0.05) is 6.04 Å². The fraction of sp³-hybridized carbons (Fsp3) is 0.917. The number of nitrogens with one attached hydrogen (secondary N) is 1. The molecule has 0 spiro atoms. The van der Waals surface area contributed by atoms with Crippen molar-refractivity contribution in [3.05, 3.63) is 0 Å². The van der Waals surface area contributed by atoms with Gasteiger partial charge in [-0.2, -0.15) is 0 Å². The van der Waals surface area contributed by atoms with E-state index in [0.29, 0.717) is 5.92 Å². The summed E-state index contributed by atoms with van der Waals surface area (Å²) in [6, 6.07) is 0.223. The van der Waals surface area contributed by atoms with E-state index in [1.165, 1.54) is 7.11 Å². The molecule has 1 aliphatic heterocycles. The minimum Gasteiger partial charge on any atom is -0.469 e. The van der Waals surface area contributed by atoms with Gasteiger partial charge in [-0.05, 0) is 24.3 Å². The van der Waals surface area contributed by atoms with E-state index in [0.717, 1.165) is 13.0 Å². The van der Waals surface area contributed by atoms with Gasteiger partial charge in [0.15, 0.2) is 0 Å². The van der Waals surface area contributed by atoms with E-state index in [9.17, 15) is 4.79 Å². The first kappa shape index (κ1) is 12.5. The van der Waals surface area contributed by atoms with E-state index in [2.05, 4.69) is 33.0 Å². The Morgan fingerprint density at radius 3 is 2.47 bits per heavy atom. The summed E-state index contributed by atoms with van der Waals surface area (Å²) in [4.78, 5) is 11.7. The number of piperidine rings is 1. The summed E-state index contributed by atoms with van der Waals surface area (Å²) in [5.74, 6) is 0.473. The first-order chi connectivity index (χ1) is 6.86. The molecule has 0 aromatic heterocycles. The monoisotopic (exact) mass is 213 g/mol. The van der Waals surface area contributed by atoms with E-state index >= 15 is 0 Å². The molecule has 1 rings (SSSR count). The normalized spacial score (nSPS) is 32.5. The van der Waals surface area contributed by atoms with E-state index in [-0.39, 0.29) is 23.3 Å². The lowest BCUT2D eigenvalue weighted by Crippen LogP contribution is -2.54. The Hall–Kier alpha value is -0.570. The Kier molecular flexibility index (Phi) is 3.77. The van der Waals surface area contributed by atoms with Gasteiger partial charge in [0.2, 0.25) is 0 Å². The number of rotatable bonds is 1. The number of ether oxygens (including phenoxy) is 1. The fourth-order valence-corrected chi connectivity index (χ4v) is 2.42. The van der Waals surface area contributed by atoms with Crippen molar-refractivity contribution in [2.24, 2.45) is 17.3 Å². The van der Waals surface area contributed by atoms with Crippen LogP contribution in [0.15, 0.2) is 0 Å². The van der Waals surface area contributed by atoms with Crippen molar-refractivity contribution in [3.63, 3.8) is 0 Å². The van der Waals surface area contributed by atoms with Crippen molar-refractivity contribution in [1.29, 1.82) is 0 Å². The fourth-order valence-electron chi connectivity index (χ4n) is 2.42. The molecule has 1 heterocycles. The first-order valence-electron chi connectivity index (χ1n) is 5.67. The average molecular weight is 213 g/mol. The van der Waals surface area contributed by atoms with Crippen LogP contribution in [-0.2, 0) is 9.53 Å². The van der Waals surface area contributed by atoms with Crippen molar-refractivity contribution < 1.29 is 9.53 Å². The largest absolute Gasteiger partial charge is 0.469 e. The second-order valence-corrected chi connectivity index (χ2v) is 5.72. The van der Waals surface area contributed by atoms with Crippen LogP contribution in [0.2, 0.25) is 0 Å². The Labute approximate surface area is 92.6 Å². The van der Waals surface area contributed by atoms with E-state index in [1.807, 2.05) is 0 Å². The molecule has 3 heteroatoms. The summed E-state index contributed by atoms with van der Waals surface area (Å²) in [5.41, 5.74) is 0.0962. The van der Waals surface area contributed by atoms with Crippen LogP contribution in [0.25, 0.3) is 0 Å². The second kappa shape index (κ2) is 4.52. The predicted octanol–water partition coefficient (Wildman–Crippen LogP) is 1.82. The molecule has 3 unspecified atom stereocenters. The van der Waals surface area contributed by atoms with Crippen LogP contribution in [0.1, 0.15) is 34.1 Å². The van der Waals surface area contributed by atoms with Crippen LogP contribution in [0.3, 0.4) is 0 Å². The molecule has 88 valence electrons. The SMILES string of the molecule is COC(=O)C1CC(C)CNC1C(C)(C)C. The molecule has 0 aliphatic carbocycles. The lowest BCUT2D eigenvalue weighted by molar-refractivity contribution is -0.149. The minimum atomic E-state index is -0.0750. The van der Waals surface area contributed by atoms with Gasteiger partial charge in [0.1, 0.15) is 0 Å². The van der Waals surface area contributed by atoms with Gasteiger partial charge >= 0.3 is 5.97 Å². The number of hydrogen-bond acceptors (Lipinski definition) is 3. The molecule has 0 aromatic rings. The summed E-state index contributed by atoms with van der Waals surface area (Å²) in [7, 11) is 1.47. The first-order valence-corrected chi connectivity index (χ1v) is 5.67. The zero-order chi connectivity index (χ0) is 11.6. The van der Waals surface area contributed by atoms with Crippen LogP contribution < -0.4 is 5.32 Å². The number of carbonyl (C=O) groups excluding carboxylic acids is 1. The maximum absolute atomic E-state index is 11.7. The molecular weight excluding hydrogens is 190 g/mol. The van der Waals surface area contributed by atoms with Gasteiger partial charge in [-0.15, -0.1) is 0 Å². The predicted molar refractivity (Wildman–Crippen MR) is 60.5 cm³/mol. The van der Waals surface area contributed by atoms with Crippen molar-refractivity contribution >= 4 is 5.97 Å². The highest BCUT2D eigenvalue weighted by Crippen LogP contribution is 2.32. The van der Waals surface area contributed by atoms with Gasteiger partial charge in [0.25, 0.3) is 0 Å². The molecule has 15 heavy (non-hydrogen) atoms. The van der Waals surface area contributed by atoms with Crippen LogP contribution in [-0.4, -0.2) is 25.7 Å². The molecule has 3 nitrogen and oxygen atoms in total. The van der Waals surface area contributed by atoms with E-state index in [1.54, 1.807) is 0 Å². The Morgan fingerprint density at radius 1 is 1.40 bits per heavy atom. The smallest absolute Gasteiger partial charge is 0.310 e. The van der Waals surface area contributed by atoms with Gasteiger partial charge in [-0.3, -0.25) is 4.79 Å². The molecule has 0 aromatic carbocycles. The topological polar surface area (TPSA) is 38.3 Å². The molecule has 1 fully saturated rings. The summed E-state index contributed by atoms with van der Waals surface area (Å²) in [6.45, 7) is 9.65. The summed E-state index contributed by atoms with van der Waals surface area (Å²) in [5, 5.41) is 3.47. The highest BCUT2D eigenvalue weighted by atomic mass is 16.5. The summed E-state index contributed by atoms with van der Waals surface area (Å²) >= 11 is 0. The molecule has 0 saturated carbocycles. The molecule has 0 amide bonds. The zero-order valence-corrected chi connectivity index (χ0v) is 10.5. The van der Waals surface area contributed by atoms with Gasteiger partial charge in [0.05, 0.1) is 13.0 Å². The Morgan fingerprint density at radius 2 is 2.00 bits per heavy atom.